The van der Waals surface area contributed by atoms with E-state index in [0.717, 1.165) is 11.4 Å². The molecule has 0 aliphatic carbocycles. The highest BCUT2D eigenvalue weighted by atomic mass is 32.2. The van der Waals surface area contributed by atoms with Gasteiger partial charge in [-0.3, -0.25) is 0 Å². The van der Waals surface area contributed by atoms with Gasteiger partial charge in [0.1, 0.15) is 6.10 Å². The Bertz CT molecular complexity index is 666. The molecule has 0 saturated carbocycles. The SMILES string of the molecule is CCC(CSCCOCC(c1ccccc1)c1scnc1C)O[N+](=O)[O-]. The van der Waals surface area contributed by atoms with Crippen LogP contribution in [0.25, 0.3) is 0 Å². The van der Waals surface area contributed by atoms with Gasteiger partial charge in [-0.25, -0.2) is 4.98 Å². The summed E-state index contributed by atoms with van der Waals surface area (Å²) in [6, 6.07) is 10.3. The van der Waals surface area contributed by atoms with E-state index >= 15 is 0 Å². The molecule has 2 atom stereocenters. The lowest BCUT2D eigenvalue weighted by Gasteiger charge is -2.17. The number of hydrogen-bond acceptors (Lipinski definition) is 7. The summed E-state index contributed by atoms with van der Waals surface area (Å²) in [6.07, 6.45) is 0.266. The Morgan fingerprint density at radius 3 is 2.73 bits per heavy atom. The third kappa shape index (κ3) is 6.59. The minimum Gasteiger partial charge on any atom is -0.380 e. The molecule has 0 radical (unpaired) electrons. The van der Waals surface area contributed by atoms with Crippen molar-refractivity contribution < 1.29 is 14.7 Å². The van der Waals surface area contributed by atoms with Crippen molar-refractivity contribution in [3.63, 3.8) is 0 Å². The molecular formula is C18H24N2O4S2. The molecule has 0 aliphatic heterocycles. The second kappa shape index (κ2) is 11.2. The Labute approximate surface area is 162 Å². The summed E-state index contributed by atoms with van der Waals surface area (Å²) in [6.45, 7) is 5.10. The van der Waals surface area contributed by atoms with Gasteiger partial charge in [-0.15, -0.1) is 21.5 Å². The van der Waals surface area contributed by atoms with Gasteiger partial charge >= 0.3 is 0 Å². The van der Waals surface area contributed by atoms with Gasteiger partial charge in [-0.2, -0.15) is 11.8 Å². The Kier molecular flexibility index (Phi) is 8.87. The molecule has 0 spiro atoms. The van der Waals surface area contributed by atoms with E-state index in [1.807, 2.05) is 37.6 Å². The molecule has 2 aromatic rings. The standard InChI is InChI=1S/C18H24N2O4S2/c1-3-16(24-20(21)22)12-25-10-9-23-11-17(15-7-5-4-6-8-15)18-14(2)19-13-26-18/h4-8,13,16-17H,3,9-12H2,1-2H3. The largest absolute Gasteiger partial charge is 0.380 e. The molecule has 0 aliphatic rings. The van der Waals surface area contributed by atoms with Crippen LogP contribution in [0, 0.1) is 17.0 Å². The lowest BCUT2D eigenvalue weighted by molar-refractivity contribution is -0.767. The van der Waals surface area contributed by atoms with Crippen molar-refractivity contribution in [3.8, 4) is 0 Å². The summed E-state index contributed by atoms with van der Waals surface area (Å²) in [7, 11) is 0. The molecule has 0 fully saturated rings. The monoisotopic (exact) mass is 396 g/mol. The van der Waals surface area contributed by atoms with E-state index in [4.69, 9.17) is 4.74 Å². The summed E-state index contributed by atoms with van der Waals surface area (Å²) in [5.41, 5.74) is 4.14. The van der Waals surface area contributed by atoms with Gasteiger partial charge < -0.3 is 9.57 Å². The summed E-state index contributed by atoms with van der Waals surface area (Å²) >= 11 is 3.27. The first kappa shape index (κ1) is 20.7. The maximum Gasteiger partial charge on any atom is 0.294 e. The Balaban J connectivity index is 1.80. The van der Waals surface area contributed by atoms with Crippen LogP contribution < -0.4 is 0 Å². The van der Waals surface area contributed by atoms with Gasteiger partial charge in [0.15, 0.2) is 0 Å². The first-order valence-electron chi connectivity index (χ1n) is 8.53. The van der Waals surface area contributed by atoms with Crippen molar-refractivity contribution in [2.75, 3.05) is 24.7 Å². The van der Waals surface area contributed by atoms with Gasteiger partial charge in [0.2, 0.25) is 0 Å². The van der Waals surface area contributed by atoms with Gasteiger partial charge in [0.05, 0.1) is 24.4 Å². The van der Waals surface area contributed by atoms with Gasteiger partial charge in [0.25, 0.3) is 5.09 Å². The number of thiazole rings is 1. The third-order valence-corrected chi connectivity index (χ3v) is 6.06. The highest BCUT2D eigenvalue weighted by Crippen LogP contribution is 2.30. The molecular weight excluding hydrogens is 372 g/mol. The van der Waals surface area contributed by atoms with E-state index in [1.54, 1.807) is 23.1 Å². The minimum absolute atomic E-state index is 0.176. The molecule has 1 aromatic carbocycles. The van der Waals surface area contributed by atoms with Crippen molar-refractivity contribution in [3.05, 3.63) is 62.1 Å². The molecule has 2 unspecified atom stereocenters. The minimum atomic E-state index is -0.715. The van der Waals surface area contributed by atoms with Crippen LogP contribution in [0.4, 0.5) is 0 Å². The van der Waals surface area contributed by atoms with Gasteiger partial charge in [-0.1, -0.05) is 37.3 Å². The van der Waals surface area contributed by atoms with Crippen LogP contribution in [-0.4, -0.2) is 40.9 Å². The van der Waals surface area contributed by atoms with Crippen LogP contribution in [0.2, 0.25) is 0 Å². The molecule has 1 heterocycles. The van der Waals surface area contributed by atoms with Crippen LogP contribution in [0.1, 0.15) is 35.4 Å². The second-order valence-electron chi connectivity index (χ2n) is 5.77. The highest BCUT2D eigenvalue weighted by Gasteiger charge is 2.18. The number of hydrogen-bond donors (Lipinski definition) is 0. The lowest BCUT2D eigenvalue weighted by atomic mass is 9.97. The predicted octanol–water partition coefficient (Wildman–Crippen LogP) is 4.32. The van der Waals surface area contributed by atoms with Gasteiger partial charge in [-0.05, 0) is 18.9 Å². The van der Waals surface area contributed by atoms with E-state index in [1.165, 1.54) is 10.4 Å². The first-order valence-corrected chi connectivity index (χ1v) is 10.6. The maximum absolute atomic E-state index is 10.4. The van der Waals surface area contributed by atoms with E-state index in [0.29, 0.717) is 25.4 Å². The zero-order valence-corrected chi connectivity index (χ0v) is 16.6. The van der Waals surface area contributed by atoms with Crippen molar-refractivity contribution in [1.82, 2.24) is 4.98 Å². The maximum atomic E-state index is 10.4. The van der Waals surface area contributed by atoms with Crippen LogP contribution in [0.5, 0.6) is 0 Å². The molecule has 0 amide bonds. The Hall–Kier alpha value is -1.64. The molecule has 0 N–H and O–H groups in total. The first-order chi connectivity index (χ1) is 12.6. The summed E-state index contributed by atoms with van der Waals surface area (Å²) in [5.74, 6) is 1.55. The van der Waals surface area contributed by atoms with Crippen LogP contribution in [0.3, 0.4) is 0 Å². The predicted molar refractivity (Wildman–Crippen MR) is 105 cm³/mol. The zero-order valence-electron chi connectivity index (χ0n) is 15.0. The highest BCUT2D eigenvalue weighted by molar-refractivity contribution is 7.99. The number of rotatable bonds is 12. The third-order valence-electron chi connectivity index (χ3n) is 3.95. The molecule has 8 heteroatoms. The topological polar surface area (TPSA) is 74.5 Å². The fourth-order valence-electron chi connectivity index (χ4n) is 2.53. The molecule has 26 heavy (non-hydrogen) atoms. The van der Waals surface area contributed by atoms with Crippen molar-refractivity contribution in [1.29, 1.82) is 0 Å². The summed E-state index contributed by atoms with van der Waals surface area (Å²) in [5, 5.41) is 9.68. The fraction of sp³-hybridized carbons (Fsp3) is 0.500. The number of nitrogens with zero attached hydrogens (tertiary/aromatic N) is 2. The molecule has 2 rings (SSSR count). The smallest absolute Gasteiger partial charge is 0.294 e. The van der Waals surface area contributed by atoms with E-state index < -0.39 is 5.09 Å². The van der Waals surface area contributed by atoms with Gasteiger partial charge in [0, 0.05) is 22.3 Å². The van der Waals surface area contributed by atoms with Crippen LogP contribution >= 0.6 is 23.1 Å². The van der Waals surface area contributed by atoms with Crippen molar-refractivity contribution in [2.24, 2.45) is 0 Å². The zero-order chi connectivity index (χ0) is 18.8. The number of aryl methyl sites for hydroxylation is 1. The average Bonchev–Trinajstić information content (AvgIpc) is 3.06. The fourth-order valence-corrected chi connectivity index (χ4v) is 4.41. The second-order valence-corrected chi connectivity index (χ2v) is 7.81. The average molecular weight is 397 g/mol. The van der Waals surface area contributed by atoms with Crippen LogP contribution in [0.15, 0.2) is 35.8 Å². The number of thioether (sulfide) groups is 1. The van der Waals surface area contributed by atoms with E-state index in [9.17, 15) is 10.1 Å². The molecule has 6 nitrogen and oxygen atoms in total. The lowest BCUT2D eigenvalue weighted by Crippen LogP contribution is -2.19. The van der Waals surface area contributed by atoms with Crippen molar-refractivity contribution in [2.45, 2.75) is 32.3 Å². The van der Waals surface area contributed by atoms with E-state index in [-0.39, 0.29) is 12.0 Å². The molecule has 0 saturated heterocycles. The number of aromatic nitrogens is 1. The Morgan fingerprint density at radius 1 is 1.35 bits per heavy atom. The normalized spacial score (nSPS) is 13.3. The number of benzene rings is 1. The van der Waals surface area contributed by atoms with Crippen LogP contribution in [-0.2, 0) is 9.57 Å². The van der Waals surface area contributed by atoms with E-state index in [2.05, 4.69) is 22.0 Å². The molecule has 1 aromatic heterocycles. The molecule has 0 bridgehead atoms. The molecule has 142 valence electrons. The summed E-state index contributed by atoms with van der Waals surface area (Å²) < 4.78 is 5.91. The van der Waals surface area contributed by atoms with Crippen molar-refractivity contribution >= 4 is 23.1 Å². The number of ether oxygens (including phenoxy) is 1. The Morgan fingerprint density at radius 2 is 2.12 bits per heavy atom. The summed E-state index contributed by atoms with van der Waals surface area (Å²) in [4.78, 5) is 20.6. The quantitative estimate of drug-likeness (QED) is 0.302.